The molecule has 0 amide bonds. The third-order valence-electron chi connectivity index (χ3n) is 2.13. The molecule has 0 heterocycles. The lowest BCUT2D eigenvalue weighted by Crippen LogP contribution is -2.43. The first-order valence-electron chi connectivity index (χ1n) is 4.05. The molecule has 0 fully saturated rings. The number of alkyl halides is 1. The van der Waals surface area contributed by atoms with Crippen molar-refractivity contribution in [3.63, 3.8) is 0 Å². The van der Waals surface area contributed by atoms with Crippen molar-refractivity contribution in [3.8, 4) is 0 Å². The predicted molar refractivity (Wildman–Crippen MR) is 51.0 cm³/mol. The molecular formula is C8H13BrO4. The number of halogens is 1. The Hall–Kier alpha value is -0.580. The molecular weight excluding hydrogens is 240 g/mol. The Labute approximate surface area is 85.1 Å². The summed E-state index contributed by atoms with van der Waals surface area (Å²) < 4.78 is -1.34. The van der Waals surface area contributed by atoms with Gasteiger partial charge in [0.2, 0.25) is 0 Å². The van der Waals surface area contributed by atoms with Gasteiger partial charge in [0, 0.05) is 0 Å². The minimum atomic E-state index is -1.34. The van der Waals surface area contributed by atoms with E-state index in [0.717, 1.165) is 0 Å². The van der Waals surface area contributed by atoms with Crippen LogP contribution in [0.25, 0.3) is 0 Å². The number of aliphatic carboxylic acids is 2. The van der Waals surface area contributed by atoms with Crippen LogP contribution in [0.4, 0.5) is 0 Å². The topological polar surface area (TPSA) is 74.6 Å². The average molecular weight is 253 g/mol. The van der Waals surface area contributed by atoms with E-state index in [2.05, 4.69) is 15.9 Å². The first kappa shape index (κ1) is 12.4. The van der Waals surface area contributed by atoms with Crippen LogP contribution >= 0.6 is 15.9 Å². The molecule has 5 heteroatoms. The van der Waals surface area contributed by atoms with Crippen LogP contribution in [0.1, 0.15) is 26.7 Å². The maximum absolute atomic E-state index is 10.8. The fourth-order valence-electron chi connectivity index (χ4n) is 1.24. The first-order chi connectivity index (χ1) is 5.90. The molecule has 4 nitrogen and oxygen atoms in total. The molecule has 0 radical (unpaired) electrons. The van der Waals surface area contributed by atoms with Gasteiger partial charge in [-0.3, -0.25) is 9.59 Å². The molecule has 76 valence electrons. The summed E-state index contributed by atoms with van der Waals surface area (Å²) in [4.78, 5) is 21.6. The molecule has 2 atom stereocenters. The molecule has 0 spiro atoms. The molecule has 0 aliphatic heterocycles. The van der Waals surface area contributed by atoms with Gasteiger partial charge in [0.1, 0.15) is 4.32 Å². The Morgan fingerprint density at radius 2 is 1.85 bits per heavy atom. The summed E-state index contributed by atoms with van der Waals surface area (Å²) in [7, 11) is 0. The van der Waals surface area contributed by atoms with Gasteiger partial charge in [-0.2, -0.15) is 0 Å². The molecule has 2 N–H and O–H groups in total. The van der Waals surface area contributed by atoms with Gasteiger partial charge in [-0.1, -0.05) is 29.8 Å². The largest absolute Gasteiger partial charge is 0.481 e. The van der Waals surface area contributed by atoms with Gasteiger partial charge in [-0.05, 0) is 12.8 Å². The van der Waals surface area contributed by atoms with Crippen LogP contribution in [-0.2, 0) is 9.59 Å². The molecule has 0 rings (SSSR count). The third-order valence-corrected chi connectivity index (χ3v) is 3.58. The molecule has 0 aromatic heterocycles. The predicted octanol–water partition coefficient (Wildman–Crippen LogP) is 1.73. The fraction of sp³-hybridized carbons (Fsp3) is 0.750. The maximum Gasteiger partial charge on any atom is 0.321 e. The van der Waals surface area contributed by atoms with E-state index in [-0.39, 0.29) is 6.42 Å². The minimum Gasteiger partial charge on any atom is -0.481 e. The highest BCUT2D eigenvalue weighted by Gasteiger charge is 2.45. The molecule has 0 aromatic rings. The van der Waals surface area contributed by atoms with Crippen LogP contribution in [0.15, 0.2) is 0 Å². The number of hydrogen-bond donors (Lipinski definition) is 2. The highest BCUT2D eigenvalue weighted by atomic mass is 79.9. The lowest BCUT2D eigenvalue weighted by Gasteiger charge is -2.26. The molecule has 0 aliphatic carbocycles. The van der Waals surface area contributed by atoms with E-state index in [4.69, 9.17) is 10.2 Å². The van der Waals surface area contributed by atoms with E-state index in [1.807, 2.05) is 0 Å². The van der Waals surface area contributed by atoms with Crippen LogP contribution in [0, 0.1) is 5.92 Å². The molecule has 0 aromatic carbocycles. The number of rotatable bonds is 5. The van der Waals surface area contributed by atoms with Gasteiger partial charge in [0.05, 0.1) is 5.92 Å². The minimum absolute atomic E-state index is 0.243. The normalized spacial score (nSPS) is 17.5. The molecule has 0 aliphatic rings. The van der Waals surface area contributed by atoms with Crippen molar-refractivity contribution in [2.75, 3.05) is 0 Å². The van der Waals surface area contributed by atoms with Crippen LogP contribution in [0.3, 0.4) is 0 Å². The monoisotopic (exact) mass is 252 g/mol. The van der Waals surface area contributed by atoms with E-state index < -0.39 is 22.2 Å². The van der Waals surface area contributed by atoms with Crippen molar-refractivity contribution in [2.24, 2.45) is 5.92 Å². The number of carboxylic acids is 2. The van der Waals surface area contributed by atoms with Gasteiger partial charge in [-0.15, -0.1) is 0 Å². The second-order valence-electron chi connectivity index (χ2n) is 2.82. The Morgan fingerprint density at radius 1 is 1.38 bits per heavy atom. The summed E-state index contributed by atoms with van der Waals surface area (Å²) in [5.41, 5.74) is 0. The van der Waals surface area contributed by atoms with Crippen molar-refractivity contribution in [1.29, 1.82) is 0 Å². The summed E-state index contributed by atoms with van der Waals surface area (Å²) in [5.74, 6) is -3.09. The van der Waals surface area contributed by atoms with Crippen LogP contribution in [0.2, 0.25) is 0 Å². The number of carbonyl (C=O) groups is 2. The van der Waals surface area contributed by atoms with Crippen LogP contribution in [0.5, 0.6) is 0 Å². The highest BCUT2D eigenvalue weighted by Crippen LogP contribution is 2.34. The molecule has 0 saturated carbocycles. The van der Waals surface area contributed by atoms with E-state index >= 15 is 0 Å². The van der Waals surface area contributed by atoms with Crippen molar-refractivity contribution in [2.45, 2.75) is 31.0 Å². The summed E-state index contributed by atoms with van der Waals surface area (Å²) in [6, 6.07) is 0. The zero-order valence-electron chi connectivity index (χ0n) is 7.58. The van der Waals surface area contributed by atoms with Crippen molar-refractivity contribution >= 4 is 27.9 Å². The molecule has 13 heavy (non-hydrogen) atoms. The molecule has 0 saturated heterocycles. The van der Waals surface area contributed by atoms with Gasteiger partial charge in [-0.25, -0.2) is 0 Å². The zero-order valence-corrected chi connectivity index (χ0v) is 9.17. The third kappa shape index (κ3) is 2.43. The lowest BCUT2D eigenvalue weighted by molar-refractivity contribution is -0.151. The molecule has 2 unspecified atom stereocenters. The quantitative estimate of drug-likeness (QED) is 0.731. The maximum atomic E-state index is 10.8. The Balaban J connectivity index is 4.91. The smallest absolute Gasteiger partial charge is 0.321 e. The Kier molecular flexibility index (Phi) is 4.39. The average Bonchev–Trinajstić information content (AvgIpc) is 2.04. The second kappa shape index (κ2) is 4.60. The summed E-state index contributed by atoms with van der Waals surface area (Å²) in [6.07, 6.45) is 0.536. The van der Waals surface area contributed by atoms with E-state index in [0.29, 0.717) is 6.42 Å². The van der Waals surface area contributed by atoms with E-state index in [9.17, 15) is 9.59 Å². The van der Waals surface area contributed by atoms with Crippen LogP contribution in [-0.4, -0.2) is 26.5 Å². The SMILES string of the molecule is CCC(C(=O)O)C(Br)(CC)C(=O)O. The Bertz CT molecular complexity index is 216. The fourth-order valence-corrected chi connectivity index (χ4v) is 1.76. The van der Waals surface area contributed by atoms with Crippen LogP contribution < -0.4 is 0 Å². The number of carboxylic acid groups (broad SMARTS) is 2. The Morgan fingerprint density at radius 3 is 1.92 bits per heavy atom. The van der Waals surface area contributed by atoms with Gasteiger partial charge in [0.15, 0.2) is 0 Å². The summed E-state index contributed by atoms with van der Waals surface area (Å²) >= 11 is 3.00. The van der Waals surface area contributed by atoms with Gasteiger partial charge < -0.3 is 10.2 Å². The van der Waals surface area contributed by atoms with Gasteiger partial charge in [0.25, 0.3) is 0 Å². The second-order valence-corrected chi connectivity index (χ2v) is 4.24. The zero-order chi connectivity index (χ0) is 10.6. The van der Waals surface area contributed by atoms with Gasteiger partial charge >= 0.3 is 11.9 Å². The van der Waals surface area contributed by atoms with E-state index in [1.165, 1.54) is 0 Å². The first-order valence-corrected chi connectivity index (χ1v) is 4.84. The lowest BCUT2D eigenvalue weighted by atomic mass is 9.88. The summed E-state index contributed by atoms with van der Waals surface area (Å²) in [6.45, 7) is 3.31. The van der Waals surface area contributed by atoms with E-state index in [1.54, 1.807) is 13.8 Å². The number of hydrogen-bond acceptors (Lipinski definition) is 2. The van der Waals surface area contributed by atoms with Crippen molar-refractivity contribution in [3.05, 3.63) is 0 Å². The van der Waals surface area contributed by atoms with Crippen molar-refractivity contribution in [1.82, 2.24) is 0 Å². The summed E-state index contributed by atoms with van der Waals surface area (Å²) in [5, 5.41) is 17.7. The molecule has 0 bridgehead atoms. The highest BCUT2D eigenvalue weighted by molar-refractivity contribution is 9.10. The standard InChI is InChI=1S/C8H13BrO4/c1-3-5(6(10)11)8(9,4-2)7(12)13/h5H,3-4H2,1-2H3,(H,10,11)(H,12,13). The van der Waals surface area contributed by atoms with Crippen molar-refractivity contribution < 1.29 is 19.8 Å².